The molecule has 20 heavy (non-hydrogen) atoms. The number of hydrogen-bond acceptors (Lipinski definition) is 3. The molecular formula is C14H20ClN3O2. The van der Waals surface area contributed by atoms with Crippen molar-refractivity contribution in [1.29, 1.82) is 0 Å². The number of rotatable bonds is 4. The number of nitrogens with two attached hydrogens (primary N) is 2. The number of carbonyl (C=O) groups is 2. The summed E-state index contributed by atoms with van der Waals surface area (Å²) in [6, 6.07) is 4.53. The van der Waals surface area contributed by atoms with E-state index < -0.39 is 16.9 Å². The lowest BCUT2D eigenvalue weighted by molar-refractivity contribution is -0.126. The molecule has 0 aliphatic rings. The third kappa shape index (κ3) is 3.29. The van der Waals surface area contributed by atoms with Crippen molar-refractivity contribution in [2.45, 2.75) is 33.2 Å². The maximum Gasteiger partial charge on any atom is 0.250 e. The van der Waals surface area contributed by atoms with Crippen LogP contribution in [-0.4, -0.2) is 17.4 Å². The van der Waals surface area contributed by atoms with Crippen molar-refractivity contribution in [2.24, 2.45) is 16.9 Å². The fraction of sp³-hybridized carbons (Fsp3) is 0.429. The van der Waals surface area contributed by atoms with E-state index in [1.165, 1.54) is 12.1 Å². The zero-order valence-electron chi connectivity index (χ0n) is 12.1. The van der Waals surface area contributed by atoms with Crippen LogP contribution < -0.4 is 16.8 Å². The Morgan fingerprint density at radius 3 is 2.15 bits per heavy atom. The topological polar surface area (TPSA) is 98.2 Å². The molecule has 0 atom stereocenters. The number of hydrogen-bond donors (Lipinski definition) is 3. The molecule has 0 aliphatic carbocycles. The predicted octanol–water partition coefficient (Wildman–Crippen LogP) is 2.14. The van der Waals surface area contributed by atoms with E-state index in [-0.39, 0.29) is 16.5 Å². The van der Waals surface area contributed by atoms with Crippen molar-refractivity contribution in [3.05, 3.63) is 28.8 Å². The van der Waals surface area contributed by atoms with Gasteiger partial charge in [0.1, 0.15) is 0 Å². The fourth-order valence-corrected chi connectivity index (χ4v) is 1.65. The van der Waals surface area contributed by atoms with Crippen LogP contribution in [-0.2, 0) is 4.79 Å². The minimum absolute atomic E-state index is 0.195. The van der Waals surface area contributed by atoms with Crippen LogP contribution in [0, 0.1) is 5.41 Å². The Bertz CT molecular complexity index is 548. The van der Waals surface area contributed by atoms with Crippen molar-refractivity contribution >= 4 is 29.1 Å². The van der Waals surface area contributed by atoms with Crippen molar-refractivity contribution in [3.63, 3.8) is 0 Å². The molecule has 0 unspecified atom stereocenters. The van der Waals surface area contributed by atoms with Gasteiger partial charge in [-0.25, -0.2) is 0 Å². The van der Waals surface area contributed by atoms with Crippen molar-refractivity contribution in [2.75, 3.05) is 5.32 Å². The summed E-state index contributed by atoms with van der Waals surface area (Å²) >= 11 is 5.94. The van der Waals surface area contributed by atoms with Crippen LogP contribution in [0.4, 0.5) is 5.69 Å². The Morgan fingerprint density at radius 1 is 1.20 bits per heavy atom. The minimum Gasteiger partial charge on any atom is -0.366 e. The summed E-state index contributed by atoms with van der Waals surface area (Å²) < 4.78 is 0. The molecule has 2 amide bonds. The lowest BCUT2D eigenvalue weighted by Gasteiger charge is -2.36. The smallest absolute Gasteiger partial charge is 0.250 e. The van der Waals surface area contributed by atoms with E-state index in [0.717, 1.165) is 0 Å². The van der Waals surface area contributed by atoms with Gasteiger partial charge in [0.05, 0.1) is 16.0 Å². The first-order valence-electron chi connectivity index (χ1n) is 6.16. The van der Waals surface area contributed by atoms with Crippen LogP contribution in [0.3, 0.4) is 0 Å². The highest BCUT2D eigenvalue weighted by Crippen LogP contribution is 2.30. The normalized spacial score (nSPS) is 12.1. The van der Waals surface area contributed by atoms with Crippen LogP contribution in [0.25, 0.3) is 0 Å². The molecule has 5 nitrogen and oxygen atoms in total. The molecule has 0 radical (unpaired) electrons. The van der Waals surface area contributed by atoms with Gasteiger partial charge >= 0.3 is 0 Å². The van der Waals surface area contributed by atoms with Crippen molar-refractivity contribution in [1.82, 2.24) is 0 Å². The number of benzene rings is 1. The zero-order chi connectivity index (χ0) is 15.7. The third-order valence-electron chi connectivity index (χ3n) is 3.67. The number of halogens is 1. The molecule has 0 heterocycles. The molecule has 1 aromatic carbocycles. The molecule has 0 aromatic heterocycles. The summed E-state index contributed by atoms with van der Waals surface area (Å²) in [5.41, 5.74) is 10.4. The van der Waals surface area contributed by atoms with E-state index in [9.17, 15) is 9.59 Å². The number of carbonyl (C=O) groups excluding carboxylic acids is 2. The van der Waals surface area contributed by atoms with Crippen molar-refractivity contribution < 1.29 is 9.59 Å². The lowest BCUT2D eigenvalue weighted by Crippen LogP contribution is -2.53. The number of primary amides is 1. The van der Waals surface area contributed by atoms with Gasteiger partial charge in [0.15, 0.2) is 0 Å². The quantitative estimate of drug-likeness (QED) is 0.794. The second-order valence-corrected chi connectivity index (χ2v) is 6.27. The number of amides is 2. The molecule has 0 saturated carbocycles. The van der Waals surface area contributed by atoms with Gasteiger partial charge in [0.2, 0.25) is 11.8 Å². The molecule has 1 rings (SSSR count). The van der Waals surface area contributed by atoms with E-state index in [1.54, 1.807) is 33.8 Å². The molecule has 1 aromatic rings. The second kappa shape index (κ2) is 5.42. The fourth-order valence-electron chi connectivity index (χ4n) is 1.37. The first kappa shape index (κ1) is 16.5. The van der Waals surface area contributed by atoms with Crippen LogP contribution in [0.15, 0.2) is 18.2 Å². The van der Waals surface area contributed by atoms with Gasteiger partial charge in [-0.2, -0.15) is 0 Å². The Balaban J connectivity index is 2.98. The van der Waals surface area contributed by atoms with Gasteiger partial charge in [0.25, 0.3) is 0 Å². The molecule has 0 bridgehead atoms. The van der Waals surface area contributed by atoms with Crippen molar-refractivity contribution in [3.8, 4) is 0 Å². The standard InChI is InChI=1S/C14H20ClN3O2/c1-13(2,14(3,4)17)12(20)18-8-5-6-9(11(16)19)10(15)7-8/h5-7H,17H2,1-4H3,(H2,16,19)(H,18,20). The summed E-state index contributed by atoms with van der Waals surface area (Å²) in [6.45, 7) is 7.11. The van der Waals surface area contributed by atoms with Crippen LogP contribution >= 0.6 is 11.6 Å². The molecule has 110 valence electrons. The predicted molar refractivity (Wildman–Crippen MR) is 80.6 cm³/mol. The Kier molecular flexibility index (Phi) is 4.46. The largest absolute Gasteiger partial charge is 0.366 e. The maximum atomic E-state index is 12.3. The molecule has 5 N–H and O–H groups in total. The molecule has 0 saturated heterocycles. The average Bonchev–Trinajstić information content (AvgIpc) is 2.26. The molecular weight excluding hydrogens is 278 g/mol. The van der Waals surface area contributed by atoms with E-state index in [1.807, 2.05) is 0 Å². The Labute approximate surface area is 123 Å². The second-order valence-electron chi connectivity index (χ2n) is 5.86. The van der Waals surface area contributed by atoms with E-state index >= 15 is 0 Å². The van der Waals surface area contributed by atoms with Gasteiger partial charge in [-0.3, -0.25) is 9.59 Å². The third-order valence-corrected chi connectivity index (χ3v) is 3.98. The highest BCUT2D eigenvalue weighted by molar-refractivity contribution is 6.34. The summed E-state index contributed by atoms with van der Waals surface area (Å²) in [6.07, 6.45) is 0. The van der Waals surface area contributed by atoms with Crippen LogP contribution in [0.2, 0.25) is 5.02 Å². The average molecular weight is 298 g/mol. The van der Waals surface area contributed by atoms with Crippen LogP contribution in [0.1, 0.15) is 38.1 Å². The van der Waals surface area contributed by atoms with Gasteiger partial charge < -0.3 is 16.8 Å². The van der Waals surface area contributed by atoms with Gasteiger partial charge in [0, 0.05) is 11.2 Å². The van der Waals surface area contributed by atoms with Gasteiger partial charge in [-0.1, -0.05) is 11.6 Å². The molecule has 0 aliphatic heterocycles. The Morgan fingerprint density at radius 2 is 1.75 bits per heavy atom. The van der Waals surface area contributed by atoms with E-state index in [4.69, 9.17) is 23.1 Å². The summed E-state index contributed by atoms with van der Waals surface area (Å²) in [5.74, 6) is -0.843. The first-order chi connectivity index (χ1) is 8.96. The van der Waals surface area contributed by atoms with E-state index in [2.05, 4.69) is 5.32 Å². The monoisotopic (exact) mass is 297 g/mol. The minimum atomic E-state index is -0.776. The van der Waals surface area contributed by atoms with Gasteiger partial charge in [-0.05, 0) is 45.9 Å². The molecule has 0 spiro atoms. The first-order valence-corrected chi connectivity index (χ1v) is 6.54. The Hall–Kier alpha value is -1.59. The maximum absolute atomic E-state index is 12.3. The zero-order valence-corrected chi connectivity index (χ0v) is 12.8. The summed E-state index contributed by atoms with van der Waals surface area (Å²) in [5, 5.41) is 2.93. The van der Waals surface area contributed by atoms with Gasteiger partial charge in [-0.15, -0.1) is 0 Å². The number of anilines is 1. The summed E-state index contributed by atoms with van der Waals surface area (Å²) in [7, 11) is 0. The highest BCUT2D eigenvalue weighted by atomic mass is 35.5. The number of nitrogens with one attached hydrogen (secondary N) is 1. The lowest BCUT2D eigenvalue weighted by atomic mass is 9.74. The highest BCUT2D eigenvalue weighted by Gasteiger charge is 2.40. The molecule has 6 heteroatoms. The summed E-state index contributed by atoms with van der Waals surface area (Å²) in [4.78, 5) is 23.4. The SMILES string of the molecule is CC(C)(N)C(C)(C)C(=O)Nc1ccc(C(N)=O)c(Cl)c1. The van der Waals surface area contributed by atoms with Crippen LogP contribution in [0.5, 0.6) is 0 Å². The molecule has 0 fully saturated rings. The van der Waals surface area contributed by atoms with E-state index in [0.29, 0.717) is 5.69 Å².